The normalized spacial score (nSPS) is 11.5. The van der Waals surface area contributed by atoms with Crippen LogP contribution < -0.4 is 0 Å². The maximum absolute atomic E-state index is 9.79. The monoisotopic (exact) mass is 1250 g/mol. The third kappa shape index (κ3) is 8.95. The van der Waals surface area contributed by atoms with Gasteiger partial charge in [0.1, 0.15) is 0 Å². The summed E-state index contributed by atoms with van der Waals surface area (Å²) in [6.45, 7) is 20.0. The van der Waals surface area contributed by atoms with Gasteiger partial charge in [-0.1, -0.05) is 121 Å². The van der Waals surface area contributed by atoms with E-state index in [2.05, 4.69) is 248 Å². The van der Waals surface area contributed by atoms with Gasteiger partial charge in [0.25, 0.3) is 0 Å². The number of fused-ring (bicyclic) bond motifs is 12. The number of nitrogens with zero attached hydrogens (tertiary/aromatic N) is 8. The van der Waals surface area contributed by atoms with Crippen molar-refractivity contribution in [1.82, 2.24) is 18.3 Å². The molecular weight excluding hydrogens is 1190 g/mol. The molecule has 8 nitrogen and oxygen atoms in total. The molecule has 98 heavy (non-hydrogen) atoms. The Morgan fingerprint density at radius 2 is 0.510 bits per heavy atom. The van der Waals surface area contributed by atoms with Crippen LogP contribution in [-0.2, 0) is 0 Å². The molecule has 0 aliphatic rings. The quantitative estimate of drug-likeness (QED) is 0.135. The van der Waals surface area contributed by atoms with Crippen LogP contribution >= 0.6 is 0 Å². The molecule has 0 spiro atoms. The molecule has 454 valence electrons. The molecule has 14 aromatic carbocycles. The van der Waals surface area contributed by atoms with Crippen molar-refractivity contribution in [2.75, 3.05) is 0 Å². The summed E-state index contributed by atoms with van der Waals surface area (Å²) in [4.78, 5) is 7.41. The van der Waals surface area contributed by atoms with E-state index >= 15 is 0 Å². The minimum absolute atomic E-state index is 0.601. The third-order valence-corrected chi connectivity index (χ3v) is 20.1. The Morgan fingerprint density at radius 1 is 0.255 bits per heavy atom. The van der Waals surface area contributed by atoms with Gasteiger partial charge < -0.3 is 18.3 Å². The molecule has 0 amide bonds. The molecule has 0 saturated heterocycles. The van der Waals surface area contributed by atoms with E-state index in [1.165, 1.54) is 0 Å². The summed E-state index contributed by atoms with van der Waals surface area (Å²) in [5.74, 6) is 0. The molecule has 0 unspecified atom stereocenters. The van der Waals surface area contributed by atoms with Crippen molar-refractivity contribution in [1.29, 1.82) is 10.5 Å². The topological polar surface area (TPSA) is 76.0 Å². The highest BCUT2D eigenvalue weighted by Gasteiger charge is 2.24. The minimum Gasteiger partial charge on any atom is -0.309 e. The summed E-state index contributed by atoms with van der Waals surface area (Å²) >= 11 is 0. The fourth-order valence-electron chi connectivity index (χ4n) is 15.3. The largest absolute Gasteiger partial charge is 0.309 e. The molecule has 0 N–H and O–H groups in total. The molecule has 0 fully saturated rings. The van der Waals surface area contributed by atoms with Crippen LogP contribution in [0.4, 0.5) is 11.4 Å². The van der Waals surface area contributed by atoms with Gasteiger partial charge in [0.05, 0.1) is 80.5 Å². The highest BCUT2D eigenvalue weighted by molar-refractivity contribution is 6.15. The van der Waals surface area contributed by atoms with Gasteiger partial charge >= 0.3 is 0 Å². The van der Waals surface area contributed by atoms with E-state index in [1.54, 1.807) is 0 Å². The lowest BCUT2D eigenvalue weighted by Gasteiger charge is -2.21. The molecule has 0 saturated carbocycles. The van der Waals surface area contributed by atoms with Gasteiger partial charge in [-0.2, -0.15) is 10.5 Å². The van der Waals surface area contributed by atoms with Gasteiger partial charge in [0, 0.05) is 65.8 Å². The first-order valence-corrected chi connectivity index (χ1v) is 32.6. The van der Waals surface area contributed by atoms with Crippen LogP contribution in [0.15, 0.2) is 291 Å². The first kappa shape index (κ1) is 56.9. The second-order valence-corrected chi connectivity index (χ2v) is 25.3. The molecule has 18 rings (SSSR count). The summed E-state index contributed by atoms with van der Waals surface area (Å²) in [5, 5.41) is 28.6. The number of aromatic nitrogens is 4. The van der Waals surface area contributed by atoms with Crippen molar-refractivity contribution >= 4 is 98.6 Å². The fourth-order valence-corrected chi connectivity index (χ4v) is 15.3. The summed E-state index contributed by atoms with van der Waals surface area (Å²) in [6, 6.07) is 108. The Morgan fingerprint density at radius 3 is 0.806 bits per heavy atom. The van der Waals surface area contributed by atoms with E-state index in [-0.39, 0.29) is 0 Å². The van der Waals surface area contributed by atoms with Crippen LogP contribution in [0.5, 0.6) is 0 Å². The predicted octanol–water partition coefficient (Wildman–Crippen LogP) is 23.9. The first-order chi connectivity index (χ1) is 48.2. The average molecular weight is 1250 g/mol. The van der Waals surface area contributed by atoms with Crippen LogP contribution in [0, 0.1) is 49.7 Å². The lowest BCUT2D eigenvalue weighted by atomic mass is 9.83. The Hall–Kier alpha value is -13.8. The Labute approximate surface area is 564 Å². The molecule has 0 radical (unpaired) electrons. The molecule has 8 heteroatoms. The van der Waals surface area contributed by atoms with Gasteiger partial charge in [-0.3, -0.25) is 0 Å². The van der Waals surface area contributed by atoms with Crippen molar-refractivity contribution in [2.45, 2.75) is 13.8 Å². The molecule has 4 aromatic heterocycles. The number of para-hydroxylation sites is 4. The second-order valence-electron chi connectivity index (χ2n) is 25.3. The minimum atomic E-state index is 0.601. The molecule has 0 aliphatic carbocycles. The van der Waals surface area contributed by atoms with Crippen molar-refractivity contribution in [3.8, 4) is 90.5 Å². The second kappa shape index (κ2) is 22.5. The maximum atomic E-state index is 9.79. The molecule has 0 atom stereocenters. The summed E-state index contributed by atoms with van der Waals surface area (Å²) in [6.07, 6.45) is 0. The summed E-state index contributed by atoms with van der Waals surface area (Å²) < 4.78 is 9.21. The van der Waals surface area contributed by atoms with Gasteiger partial charge in [0.15, 0.2) is 11.4 Å². The van der Waals surface area contributed by atoms with E-state index in [4.69, 9.17) is 13.1 Å². The zero-order valence-electron chi connectivity index (χ0n) is 53.3. The van der Waals surface area contributed by atoms with Gasteiger partial charge in [-0.05, 0) is 250 Å². The van der Waals surface area contributed by atoms with Crippen LogP contribution in [0.3, 0.4) is 0 Å². The smallest absolute Gasteiger partial charge is 0.187 e. The fraction of sp³-hybridized carbons (Fsp3) is 0.0222. The number of rotatable bonds is 9. The van der Waals surface area contributed by atoms with Crippen molar-refractivity contribution in [3.05, 3.63) is 336 Å². The highest BCUT2D eigenvalue weighted by Crippen LogP contribution is 2.47. The first-order valence-electron chi connectivity index (χ1n) is 32.6. The lowest BCUT2D eigenvalue weighted by Crippen LogP contribution is -1.97. The molecule has 0 aliphatic heterocycles. The van der Waals surface area contributed by atoms with E-state index in [0.717, 1.165) is 177 Å². The van der Waals surface area contributed by atoms with Crippen molar-refractivity contribution < 1.29 is 0 Å². The lowest BCUT2D eigenvalue weighted by molar-refractivity contribution is 1.18. The molecule has 18 aromatic rings. The Kier molecular flexibility index (Phi) is 13.1. The summed E-state index contributed by atoms with van der Waals surface area (Å²) in [5.41, 5.74) is 28.2. The van der Waals surface area contributed by atoms with Crippen LogP contribution in [0.2, 0.25) is 0 Å². The molecule has 4 heterocycles. The van der Waals surface area contributed by atoms with Crippen LogP contribution in [-0.4, -0.2) is 18.3 Å². The van der Waals surface area contributed by atoms with Crippen molar-refractivity contribution in [3.63, 3.8) is 0 Å². The highest BCUT2D eigenvalue weighted by atomic mass is 15.0. The van der Waals surface area contributed by atoms with E-state index in [0.29, 0.717) is 22.5 Å². The summed E-state index contributed by atoms with van der Waals surface area (Å²) in [7, 11) is 0. The van der Waals surface area contributed by atoms with Gasteiger partial charge in [-0.25, -0.2) is 9.69 Å². The maximum Gasteiger partial charge on any atom is 0.187 e. The zero-order chi connectivity index (χ0) is 65.9. The standard InChI is InChI=1S/C90H54N8/c1-55-75(61-27-43-89-81(47-61)73-15-7-11-19-85(73)96(89)68-35-23-58(54-92)24-36-68)49-63(59-25-41-87-79(45-59)71-13-5-9-17-83(71)95(87)67-33-21-57(53-91)22-34-67)51-77(55)78-52-64(60-26-42-88-80(46-60)72-14-6-10-18-84(72)97(88)69-37-29-65(93-3)30-38-69)50-76(56(78)2)62-28-44-90-82(48-62)74-16-8-12-20-86(74)98(90)70-39-31-66(94-4)32-40-70/h5-52H,1-2H3. The SMILES string of the molecule is [C-]#[N+]c1ccc(-n2c3ccccc3c3cc(-c4cc(-c5ccc6c(c5)c5ccccc5n6-c5ccc([N+]#[C-])cc5)c(C)c(-c5cc(-c6ccc7c(c6)c6ccccc6n7-c6ccc(C#N)cc6)cc(-c6ccc7c(c6)c6ccccc6n7-c6ccc(C#N)cc6)c5C)c4)ccc32)cc1. The van der Waals surface area contributed by atoms with E-state index < -0.39 is 0 Å². The van der Waals surface area contributed by atoms with E-state index in [1.807, 2.05) is 97.1 Å². The number of nitriles is 2. The number of hydrogen-bond acceptors (Lipinski definition) is 2. The third-order valence-electron chi connectivity index (χ3n) is 20.1. The Bertz CT molecular complexity index is 6180. The zero-order valence-corrected chi connectivity index (χ0v) is 53.3. The predicted molar refractivity (Wildman–Crippen MR) is 402 cm³/mol. The molecular formula is C90H54N8. The van der Waals surface area contributed by atoms with E-state index in [9.17, 15) is 10.5 Å². The average Bonchev–Trinajstić information content (AvgIpc) is 1.52. The molecule has 0 bridgehead atoms. The van der Waals surface area contributed by atoms with Crippen LogP contribution in [0.1, 0.15) is 22.3 Å². The van der Waals surface area contributed by atoms with Crippen LogP contribution in [0.25, 0.3) is 175 Å². The van der Waals surface area contributed by atoms with Gasteiger partial charge in [-0.15, -0.1) is 0 Å². The Balaban J connectivity index is 0.896. The number of benzene rings is 14. The number of hydrogen-bond donors (Lipinski definition) is 0. The van der Waals surface area contributed by atoms with Crippen molar-refractivity contribution in [2.24, 2.45) is 0 Å². The van der Waals surface area contributed by atoms with Gasteiger partial charge in [0.2, 0.25) is 0 Å².